The Labute approximate surface area is 198 Å². The lowest BCUT2D eigenvalue weighted by Crippen LogP contribution is -2.08. The minimum absolute atomic E-state index is 0.0701. The molecule has 0 heterocycles. The van der Waals surface area contributed by atoms with Crippen molar-refractivity contribution in [3.8, 4) is 23.0 Å². The fraction of sp³-hybridized carbons (Fsp3) is 0.400. The maximum atomic E-state index is 11.3. The summed E-state index contributed by atoms with van der Waals surface area (Å²) in [6, 6.07) is 5.39. The minimum atomic E-state index is -4.30. The monoisotopic (exact) mass is 646 g/mol. The molecular formula is C20H25I2O6P. The fourth-order valence-corrected chi connectivity index (χ4v) is 5.71. The van der Waals surface area contributed by atoms with Crippen molar-refractivity contribution in [3.63, 3.8) is 0 Å². The van der Waals surface area contributed by atoms with Crippen LogP contribution in [-0.2, 0) is 17.4 Å². The van der Waals surface area contributed by atoms with Crippen molar-refractivity contribution in [2.45, 2.75) is 46.5 Å². The van der Waals surface area contributed by atoms with E-state index >= 15 is 0 Å². The predicted octanol–water partition coefficient (Wildman–Crippen LogP) is 6.16. The summed E-state index contributed by atoms with van der Waals surface area (Å²) < 4.78 is 24.6. The molecule has 0 fully saturated rings. The molecule has 2 aromatic carbocycles. The van der Waals surface area contributed by atoms with Crippen LogP contribution in [0.25, 0.3) is 0 Å². The zero-order valence-electron chi connectivity index (χ0n) is 16.7. The van der Waals surface area contributed by atoms with Crippen LogP contribution in [0.15, 0.2) is 18.2 Å². The molecule has 0 unspecified atom stereocenters. The highest BCUT2D eigenvalue weighted by molar-refractivity contribution is 14.1. The van der Waals surface area contributed by atoms with Crippen LogP contribution in [0.3, 0.4) is 0 Å². The number of benzene rings is 2. The summed E-state index contributed by atoms with van der Waals surface area (Å²) in [5, 5.41) is 10.4. The van der Waals surface area contributed by atoms with Crippen LogP contribution in [0.2, 0.25) is 0 Å². The van der Waals surface area contributed by atoms with Crippen molar-refractivity contribution in [1.29, 1.82) is 0 Å². The molecule has 0 saturated carbocycles. The van der Waals surface area contributed by atoms with Crippen LogP contribution in [0.4, 0.5) is 0 Å². The standard InChI is InChI=1S/C20H25I2O6P/c1-5-13-17(21)20(28-16-8-7-12(11(3)4)9-15(16)23)18(22)14(6-2)19(13)27-10-29(24,25)26/h7-9,11,23H,5-6,10H2,1-4H3,(H2,24,25,26). The van der Waals surface area contributed by atoms with Crippen LogP contribution in [-0.4, -0.2) is 21.2 Å². The Morgan fingerprint density at radius 2 is 1.59 bits per heavy atom. The Morgan fingerprint density at radius 1 is 1.03 bits per heavy atom. The summed E-state index contributed by atoms with van der Waals surface area (Å²) in [5.74, 6) is 1.83. The third-order valence-electron chi connectivity index (χ3n) is 4.42. The molecule has 160 valence electrons. The maximum Gasteiger partial charge on any atom is 0.362 e. The highest BCUT2D eigenvalue weighted by Gasteiger charge is 2.25. The van der Waals surface area contributed by atoms with Crippen molar-refractivity contribution >= 4 is 52.8 Å². The van der Waals surface area contributed by atoms with Crippen LogP contribution in [0, 0.1) is 7.14 Å². The van der Waals surface area contributed by atoms with Crippen molar-refractivity contribution in [3.05, 3.63) is 42.0 Å². The third kappa shape index (κ3) is 6.00. The van der Waals surface area contributed by atoms with Gasteiger partial charge in [-0.1, -0.05) is 33.8 Å². The molecule has 0 bridgehead atoms. The van der Waals surface area contributed by atoms with E-state index in [-0.39, 0.29) is 5.75 Å². The summed E-state index contributed by atoms with van der Waals surface area (Å²) in [7, 11) is -4.30. The molecule has 2 aromatic rings. The molecule has 9 heteroatoms. The Balaban J connectivity index is 2.55. The SMILES string of the molecule is CCc1c(I)c(Oc2ccc(C(C)C)cc2O)c(I)c(CC)c1OCP(=O)(O)O. The van der Waals surface area contributed by atoms with Crippen molar-refractivity contribution in [1.82, 2.24) is 0 Å². The normalized spacial score (nSPS) is 11.8. The first kappa shape index (κ1) is 24.7. The molecule has 3 N–H and O–H groups in total. The van der Waals surface area contributed by atoms with Gasteiger partial charge in [0.2, 0.25) is 0 Å². The fourth-order valence-electron chi connectivity index (χ4n) is 2.89. The summed E-state index contributed by atoms with van der Waals surface area (Å²) in [6.07, 6.45) is 0.539. The summed E-state index contributed by atoms with van der Waals surface area (Å²) in [5.41, 5.74) is 2.66. The summed E-state index contributed by atoms with van der Waals surface area (Å²) >= 11 is 4.31. The van der Waals surface area contributed by atoms with Gasteiger partial charge in [0.1, 0.15) is 5.75 Å². The number of halogens is 2. The average Bonchev–Trinajstić information content (AvgIpc) is 2.63. The van der Waals surface area contributed by atoms with Gasteiger partial charge in [0.15, 0.2) is 23.6 Å². The van der Waals surface area contributed by atoms with Gasteiger partial charge >= 0.3 is 7.60 Å². The predicted molar refractivity (Wildman–Crippen MR) is 130 cm³/mol. The van der Waals surface area contributed by atoms with E-state index in [0.29, 0.717) is 36.0 Å². The number of ether oxygens (including phenoxy) is 2. The van der Waals surface area contributed by atoms with Gasteiger partial charge in [0.05, 0.1) is 7.14 Å². The molecule has 0 aliphatic carbocycles. The second-order valence-electron chi connectivity index (χ2n) is 6.87. The lowest BCUT2D eigenvalue weighted by molar-refractivity contribution is 0.297. The number of rotatable bonds is 8. The quantitative estimate of drug-likeness (QED) is 0.235. The van der Waals surface area contributed by atoms with E-state index in [2.05, 4.69) is 59.0 Å². The van der Waals surface area contributed by atoms with Gasteiger partial charge < -0.3 is 24.4 Å². The molecule has 2 rings (SSSR count). The summed E-state index contributed by atoms with van der Waals surface area (Å²) in [6.45, 7) is 8.01. The van der Waals surface area contributed by atoms with Crippen LogP contribution < -0.4 is 9.47 Å². The Bertz CT molecular complexity index is 908. The molecule has 6 nitrogen and oxygen atoms in total. The van der Waals surface area contributed by atoms with Crippen LogP contribution in [0.1, 0.15) is 50.3 Å². The minimum Gasteiger partial charge on any atom is -0.504 e. The second kappa shape index (κ2) is 10.2. The average molecular weight is 646 g/mol. The molecule has 0 atom stereocenters. The molecule has 0 aromatic heterocycles. The van der Waals surface area contributed by atoms with E-state index in [1.807, 2.05) is 19.9 Å². The Morgan fingerprint density at radius 3 is 2.00 bits per heavy atom. The highest BCUT2D eigenvalue weighted by atomic mass is 127. The molecule has 0 amide bonds. The molecule has 0 aliphatic heterocycles. The molecule has 0 saturated heterocycles. The van der Waals surface area contributed by atoms with Gasteiger partial charge in [-0.3, -0.25) is 4.57 Å². The van der Waals surface area contributed by atoms with Gasteiger partial charge in [0.25, 0.3) is 0 Å². The number of phenolic OH excluding ortho intramolecular Hbond substituents is 1. The Kier molecular flexibility index (Phi) is 8.67. The van der Waals surface area contributed by atoms with Crippen LogP contribution in [0.5, 0.6) is 23.0 Å². The van der Waals surface area contributed by atoms with E-state index in [1.165, 1.54) is 0 Å². The Hall–Kier alpha value is -0.550. The second-order valence-corrected chi connectivity index (χ2v) is 10.6. The van der Waals surface area contributed by atoms with E-state index < -0.39 is 13.9 Å². The zero-order valence-corrected chi connectivity index (χ0v) is 21.9. The van der Waals surface area contributed by atoms with Crippen LogP contribution >= 0.6 is 52.8 Å². The highest BCUT2D eigenvalue weighted by Crippen LogP contribution is 2.46. The van der Waals surface area contributed by atoms with Gasteiger partial charge in [-0.2, -0.15) is 0 Å². The molecule has 0 radical (unpaired) electrons. The third-order valence-corrected chi connectivity index (χ3v) is 7.17. The summed E-state index contributed by atoms with van der Waals surface area (Å²) in [4.78, 5) is 18.4. The van der Waals surface area contributed by atoms with Gasteiger partial charge in [-0.25, -0.2) is 0 Å². The number of phenols is 1. The van der Waals surface area contributed by atoms with Gasteiger partial charge in [-0.15, -0.1) is 0 Å². The molecule has 0 aliphatic rings. The lowest BCUT2D eigenvalue weighted by Gasteiger charge is -2.22. The van der Waals surface area contributed by atoms with E-state index in [9.17, 15) is 19.5 Å². The van der Waals surface area contributed by atoms with E-state index in [0.717, 1.165) is 23.8 Å². The van der Waals surface area contributed by atoms with Gasteiger partial charge in [-0.05, 0) is 81.6 Å². The largest absolute Gasteiger partial charge is 0.504 e. The smallest absolute Gasteiger partial charge is 0.362 e. The number of hydrogen-bond donors (Lipinski definition) is 3. The van der Waals surface area contributed by atoms with Gasteiger partial charge in [0, 0.05) is 11.1 Å². The first-order valence-corrected chi connectivity index (χ1v) is 13.2. The first-order valence-electron chi connectivity index (χ1n) is 9.20. The van der Waals surface area contributed by atoms with Crippen molar-refractivity contribution in [2.75, 3.05) is 6.35 Å². The number of hydrogen-bond acceptors (Lipinski definition) is 4. The molecular weight excluding hydrogens is 621 g/mol. The number of aromatic hydroxyl groups is 1. The molecule has 0 spiro atoms. The topological polar surface area (TPSA) is 96.2 Å². The first-order chi connectivity index (χ1) is 13.5. The lowest BCUT2D eigenvalue weighted by atomic mass is 10.0. The van der Waals surface area contributed by atoms with Crippen molar-refractivity contribution < 1.29 is 28.9 Å². The van der Waals surface area contributed by atoms with Crippen molar-refractivity contribution in [2.24, 2.45) is 0 Å². The van der Waals surface area contributed by atoms with E-state index in [1.54, 1.807) is 12.1 Å². The maximum absolute atomic E-state index is 11.3. The zero-order chi connectivity index (χ0) is 21.9. The molecule has 29 heavy (non-hydrogen) atoms. The van der Waals surface area contributed by atoms with E-state index in [4.69, 9.17) is 9.47 Å².